The minimum Gasteiger partial charge on any atom is -0.0616 e. The lowest BCUT2D eigenvalue weighted by molar-refractivity contribution is 1.70. The average molecular weight is 480 g/mol. The van der Waals surface area contributed by atoms with Crippen LogP contribution in [0.1, 0.15) is 0 Å². The van der Waals surface area contributed by atoms with E-state index in [0.717, 1.165) is 0 Å². The summed E-state index contributed by atoms with van der Waals surface area (Å²) in [5.41, 5.74) is 0. The van der Waals surface area contributed by atoms with Crippen LogP contribution in [-0.4, -0.2) is 0 Å². The molecule has 20 heavy (non-hydrogen) atoms. The van der Waals surface area contributed by atoms with Crippen LogP contribution in [0.2, 0.25) is 0 Å². The van der Waals surface area contributed by atoms with Gasteiger partial charge in [-0.15, -0.1) is 0 Å². The second-order valence-corrected chi connectivity index (χ2v) is 7.19. The van der Waals surface area contributed by atoms with E-state index in [0.29, 0.717) is 0 Å². The first-order valence-corrected chi connectivity index (χ1v) is 8.60. The Hall–Kier alpha value is -0.880. The van der Waals surface area contributed by atoms with Gasteiger partial charge in [0.1, 0.15) is 0 Å². The third kappa shape index (κ3) is 1.77. The maximum absolute atomic E-state index is 2.45. The third-order valence-electron chi connectivity index (χ3n) is 3.79. The van der Waals surface area contributed by atoms with Crippen LogP contribution in [0.3, 0.4) is 0 Å². The van der Waals surface area contributed by atoms with Crippen molar-refractivity contribution < 1.29 is 0 Å². The van der Waals surface area contributed by atoms with Crippen molar-refractivity contribution >= 4 is 77.5 Å². The molecule has 0 aliphatic rings. The first-order chi connectivity index (χ1) is 9.77. The monoisotopic (exact) mass is 480 g/mol. The third-order valence-corrected chi connectivity index (χ3v) is 5.58. The summed E-state index contributed by atoms with van der Waals surface area (Å²) >= 11 is 4.90. The summed E-state index contributed by atoms with van der Waals surface area (Å²) in [6, 6.07) is 21.9. The highest BCUT2D eigenvalue weighted by Crippen LogP contribution is 2.39. The van der Waals surface area contributed by atoms with Crippen LogP contribution in [0.15, 0.2) is 60.7 Å². The molecule has 0 spiro atoms. The van der Waals surface area contributed by atoms with E-state index in [1.807, 2.05) is 0 Å². The number of benzene rings is 4. The number of hydrogen-bond acceptors (Lipinski definition) is 0. The van der Waals surface area contributed by atoms with E-state index in [4.69, 9.17) is 0 Å². The largest absolute Gasteiger partial charge is 0.0616 e. The van der Waals surface area contributed by atoms with Crippen LogP contribution >= 0.6 is 45.2 Å². The number of rotatable bonds is 0. The van der Waals surface area contributed by atoms with E-state index in [2.05, 4.69) is 106 Å². The predicted octanol–water partition coefficient (Wildman–Crippen LogP) is 6.36. The van der Waals surface area contributed by atoms with Crippen LogP contribution in [0.4, 0.5) is 0 Å². The summed E-state index contributed by atoms with van der Waals surface area (Å²) in [6.07, 6.45) is 0. The van der Waals surface area contributed by atoms with Crippen LogP contribution in [0.5, 0.6) is 0 Å². The summed E-state index contributed by atoms with van der Waals surface area (Å²) in [7, 11) is 0. The molecule has 0 aliphatic heterocycles. The molecule has 0 saturated heterocycles. The van der Waals surface area contributed by atoms with Gasteiger partial charge in [0, 0.05) is 17.9 Å². The smallest absolute Gasteiger partial charge is 0.0216 e. The van der Waals surface area contributed by atoms with Gasteiger partial charge in [0.05, 0.1) is 0 Å². The lowest BCUT2D eigenvalue weighted by Crippen LogP contribution is -1.88. The predicted molar refractivity (Wildman–Crippen MR) is 104 cm³/mol. The van der Waals surface area contributed by atoms with Gasteiger partial charge >= 0.3 is 0 Å². The van der Waals surface area contributed by atoms with Gasteiger partial charge in [-0.05, 0) is 78.9 Å². The van der Waals surface area contributed by atoms with Crippen LogP contribution in [0, 0.1) is 7.14 Å². The zero-order chi connectivity index (χ0) is 13.7. The molecule has 4 aromatic rings. The van der Waals surface area contributed by atoms with Gasteiger partial charge in [0.2, 0.25) is 0 Å². The Labute approximate surface area is 144 Å². The van der Waals surface area contributed by atoms with Crippen molar-refractivity contribution in [2.45, 2.75) is 0 Å². The zero-order valence-corrected chi connectivity index (χ0v) is 14.8. The van der Waals surface area contributed by atoms with Crippen molar-refractivity contribution in [2.24, 2.45) is 0 Å². The number of fused-ring (bicyclic) bond motifs is 6. The van der Waals surface area contributed by atoms with Crippen LogP contribution in [0.25, 0.3) is 32.3 Å². The molecule has 4 aromatic carbocycles. The lowest BCUT2D eigenvalue weighted by Gasteiger charge is -2.12. The molecule has 0 saturated carbocycles. The van der Waals surface area contributed by atoms with E-state index < -0.39 is 0 Å². The number of halogens is 2. The van der Waals surface area contributed by atoms with Crippen molar-refractivity contribution in [3.8, 4) is 0 Å². The molecule has 4 rings (SSSR count). The average Bonchev–Trinajstić information content (AvgIpc) is 2.50. The molecule has 0 aliphatic carbocycles. The zero-order valence-electron chi connectivity index (χ0n) is 10.5. The molecule has 0 unspecified atom stereocenters. The van der Waals surface area contributed by atoms with Crippen LogP contribution in [-0.2, 0) is 0 Å². The molecule has 0 nitrogen and oxygen atoms in total. The summed E-state index contributed by atoms with van der Waals surface area (Å²) in [5.74, 6) is 0. The molecule has 0 bridgehead atoms. The Bertz CT molecular complexity index is 891. The summed E-state index contributed by atoms with van der Waals surface area (Å²) in [4.78, 5) is 0. The van der Waals surface area contributed by atoms with Crippen molar-refractivity contribution in [1.82, 2.24) is 0 Å². The molecule has 0 atom stereocenters. The maximum atomic E-state index is 2.45. The Morgan fingerprint density at radius 1 is 0.450 bits per heavy atom. The normalized spacial score (nSPS) is 11.5. The molecule has 0 amide bonds. The Balaban J connectivity index is 2.49. The molecule has 0 heterocycles. The van der Waals surface area contributed by atoms with Gasteiger partial charge < -0.3 is 0 Å². The number of hydrogen-bond donors (Lipinski definition) is 0. The van der Waals surface area contributed by atoms with E-state index in [-0.39, 0.29) is 0 Å². The van der Waals surface area contributed by atoms with E-state index in [9.17, 15) is 0 Å². The van der Waals surface area contributed by atoms with Gasteiger partial charge in [-0.1, -0.05) is 48.5 Å². The van der Waals surface area contributed by atoms with Crippen molar-refractivity contribution in [3.05, 3.63) is 67.8 Å². The van der Waals surface area contributed by atoms with E-state index in [1.165, 1.54) is 39.5 Å². The Kier molecular flexibility index (Phi) is 3.11. The van der Waals surface area contributed by atoms with Gasteiger partial charge in [-0.3, -0.25) is 0 Å². The van der Waals surface area contributed by atoms with Gasteiger partial charge in [0.15, 0.2) is 0 Å². The molecular formula is C18H10I2. The van der Waals surface area contributed by atoms with E-state index in [1.54, 1.807) is 0 Å². The lowest BCUT2D eigenvalue weighted by atomic mass is 9.94. The van der Waals surface area contributed by atoms with Crippen molar-refractivity contribution in [1.29, 1.82) is 0 Å². The second-order valence-electron chi connectivity index (χ2n) is 4.87. The molecular weight excluding hydrogens is 470 g/mol. The van der Waals surface area contributed by atoms with Crippen LogP contribution < -0.4 is 0 Å². The fourth-order valence-electron chi connectivity index (χ4n) is 2.95. The van der Waals surface area contributed by atoms with Crippen molar-refractivity contribution in [2.75, 3.05) is 0 Å². The summed E-state index contributed by atoms with van der Waals surface area (Å²) in [6.45, 7) is 0. The highest BCUT2D eigenvalue weighted by molar-refractivity contribution is 14.1. The molecule has 96 valence electrons. The highest BCUT2D eigenvalue weighted by Gasteiger charge is 2.12. The van der Waals surface area contributed by atoms with Gasteiger partial charge in [-0.25, -0.2) is 0 Å². The topological polar surface area (TPSA) is 0 Å². The summed E-state index contributed by atoms with van der Waals surface area (Å²) < 4.78 is 2.64. The fraction of sp³-hybridized carbons (Fsp3) is 0. The van der Waals surface area contributed by atoms with E-state index >= 15 is 0 Å². The quantitative estimate of drug-likeness (QED) is 0.203. The molecule has 0 N–H and O–H groups in total. The van der Waals surface area contributed by atoms with Crippen molar-refractivity contribution in [3.63, 3.8) is 0 Å². The molecule has 0 aromatic heterocycles. The highest BCUT2D eigenvalue weighted by atomic mass is 127. The minimum atomic E-state index is 1.32. The standard InChI is InChI=1S/C18H10I2/c19-15-9-10-16(20)18-14-8-4-2-6-12(14)11-5-1-3-7-13(11)17(15)18/h1-10H. The first-order valence-electron chi connectivity index (χ1n) is 6.44. The first kappa shape index (κ1) is 12.8. The Morgan fingerprint density at radius 2 is 0.800 bits per heavy atom. The fourth-order valence-corrected chi connectivity index (χ4v) is 4.43. The Morgan fingerprint density at radius 3 is 1.20 bits per heavy atom. The van der Waals surface area contributed by atoms with Gasteiger partial charge in [-0.2, -0.15) is 0 Å². The minimum absolute atomic E-state index is 1.32. The summed E-state index contributed by atoms with van der Waals surface area (Å²) in [5, 5.41) is 8.15. The van der Waals surface area contributed by atoms with Gasteiger partial charge in [0.25, 0.3) is 0 Å². The molecule has 2 heteroatoms. The molecule has 0 radical (unpaired) electrons. The second kappa shape index (κ2) is 4.84. The SMILES string of the molecule is Ic1ccc(I)c2c3ccccc3c3ccccc3c12. The molecule has 0 fully saturated rings. The maximum Gasteiger partial charge on any atom is 0.0216 e.